The molecule has 2 aromatic carbocycles. The summed E-state index contributed by atoms with van der Waals surface area (Å²) in [7, 11) is 1.59. The summed E-state index contributed by atoms with van der Waals surface area (Å²) in [5.41, 5.74) is 2.57. The van der Waals surface area contributed by atoms with Crippen LogP contribution in [0.15, 0.2) is 42.7 Å². The number of ether oxygens (including phenoxy) is 2. The molecule has 0 aliphatic rings. The number of esters is 1. The van der Waals surface area contributed by atoms with Crippen LogP contribution in [0.25, 0.3) is 21.3 Å². The molecule has 0 saturated heterocycles. The van der Waals surface area contributed by atoms with Gasteiger partial charge in [0.15, 0.2) is 11.2 Å². The molecule has 1 amide bonds. The lowest BCUT2D eigenvalue weighted by Crippen LogP contribution is -2.32. The van der Waals surface area contributed by atoms with Crippen molar-refractivity contribution in [1.82, 2.24) is 15.0 Å². The van der Waals surface area contributed by atoms with E-state index in [0.717, 1.165) is 21.3 Å². The van der Waals surface area contributed by atoms with Crippen LogP contribution in [-0.4, -0.2) is 40.0 Å². The number of hydrogen-bond donors (Lipinski definition) is 2. The summed E-state index contributed by atoms with van der Waals surface area (Å²) in [5, 5.41) is 3.17. The van der Waals surface area contributed by atoms with Crippen molar-refractivity contribution in [2.75, 3.05) is 12.4 Å². The fourth-order valence-electron chi connectivity index (χ4n) is 2.85. The number of hydrogen-bond acceptors (Lipinski definition) is 7. The Morgan fingerprint density at radius 1 is 1.21 bits per heavy atom. The Morgan fingerprint density at radius 2 is 2.03 bits per heavy atom. The molecule has 0 fully saturated rings. The predicted molar refractivity (Wildman–Crippen MR) is 110 cm³/mol. The van der Waals surface area contributed by atoms with Crippen molar-refractivity contribution in [3.63, 3.8) is 0 Å². The van der Waals surface area contributed by atoms with Gasteiger partial charge in [-0.1, -0.05) is 18.3 Å². The van der Waals surface area contributed by atoms with Gasteiger partial charge in [0, 0.05) is 0 Å². The molecule has 0 aliphatic carbocycles. The van der Waals surface area contributed by atoms with E-state index in [1.54, 1.807) is 44.6 Å². The van der Waals surface area contributed by atoms with Gasteiger partial charge in [-0.25, -0.2) is 14.8 Å². The number of fused-ring (bicyclic) bond motifs is 2. The highest BCUT2D eigenvalue weighted by molar-refractivity contribution is 7.22. The van der Waals surface area contributed by atoms with E-state index in [4.69, 9.17) is 9.47 Å². The first-order valence-electron chi connectivity index (χ1n) is 8.97. The molecule has 1 unspecified atom stereocenters. The van der Waals surface area contributed by atoms with Gasteiger partial charge in [-0.05, 0) is 42.8 Å². The average molecular weight is 410 g/mol. The largest absolute Gasteiger partial charge is 0.497 e. The van der Waals surface area contributed by atoms with Crippen LogP contribution in [0.2, 0.25) is 0 Å². The Bertz CT molecular complexity index is 1200. The Labute approximate surface area is 169 Å². The number of carbonyl (C=O) groups is 2. The van der Waals surface area contributed by atoms with Crippen molar-refractivity contribution in [3.8, 4) is 5.75 Å². The molecule has 1 atom stereocenters. The first kappa shape index (κ1) is 18.9. The zero-order chi connectivity index (χ0) is 20.4. The highest BCUT2D eigenvalue weighted by Gasteiger charge is 2.23. The molecule has 2 N–H and O–H groups in total. The third kappa shape index (κ3) is 3.90. The summed E-state index contributed by atoms with van der Waals surface area (Å²) in [4.78, 5) is 36.6. The maximum atomic E-state index is 12.6. The molecular weight excluding hydrogens is 392 g/mol. The van der Waals surface area contributed by atoms with E-state index < -0.39 is 18.0 Å². The summed E-state index contributed by atoms with van der Waals surface area (Å²) in [6.07, 6.45) is 0.958. The lowest BCUT2D eigenvalue weighted by atomic mass is 10.2. The zero-order valence-corrected chi connectivity index (χ0v) is 16.6. The van der Waals surface area contributed by atoms with Crippen LogP contribution in [0.3, 0.4) is 0 Å². The Hall–Kier alpha value is -3.46. The van der Waals surface area contributed by atoms with Crippen molar-refractivity contribution in [1.29, 1.82) is 0 Å². The third-order valence-electron chi connectivity index (χ3n) is 4.39. The Morgan fingerprint density at radius 3 is 2.83 bits per heavy atom. The first-order valence-corrected chi connectivity index (χ1v) is 9.78. The van der Waals surface area contributed by atoms with Crippen LogP contribution in [0.5, 0.6) is 5.75 Å². The number of anilines is 1. The fraction of sp³-hybridized carbons (Fsp3) is 0.200. The molecule has 0 spiro atoms. The Kier molecular flexibility index (Phi) is 5.13. The molecule has 2 heterocycles. The third-order valence-corrected chi connectivity index (χ3v) is 5.33. The number of carbonyl (C=O) groups excluding carboxylic acids is 2. The van der Waals surface area contributed by atoms with Crippen molar-refractivity contribution in [2.24, 2.45) is 0 Å². The van der Waals surface area contributed by atoms with Gasteiger partial charge in [-0.3, -0.25) is 10.1 Å². The molecule has 8 nitrogen and oxygen atoms in total. The lowest BCUT2D eigenvalue weighted by molar-refractivity contribution is -0.124. The van der Waals surface area contributed by atoms with Crippen LogP contribution in [-0.2, 0) is 9.53 Å². The van der Waals surface area contributed by atoms with Gasteiger partial charge in [0.05, 0.1) is 40.3 Å². The fourth-order valence-corrected chi connectivity index (χ4v) is 3.75. The highest BCUT2D eigenvalue weighted by atomic mass is 32.1. The molecule has 0 saturated carbocycles. The summed E-state index contributed by atoms with van der Waals surface area (Å²) in [6.45, 7) is 1.78. The van der Waals surface area contributed by atoms with E-state index in [0.29, 0.717) is 22.9 Å². The molecule has 0 aliphatic heterocycles. The van der Waals surface area contributed by atoms with Crippen LogP contribution in [0, 0.1) is 0 Å². The minimum atomic E-state index is -0.929. The molecule has 148 valence electrons. The van der Waals surface area contributed by atoms with Crippen LogP contribution >= 0.6 is 11.3 Å². The van der Waals surface area contributed by atoms with E-state index in [1.807, 2.05) is 12.1 Å². The molecule has 0 radical (unpaired) electrons. The van der Waals surface area contributed by atoms with Gasteiger partial charge in [0.1, 0.15) is 5.75 Å². The minimum Gasteiger partial charge on any atom is -0.497 e. The van der Waals surface area contributed by atoms with E-state index >= 15 is 0 Å². The van der Waals surface area contributed by atoms with E-state index in [1.165, 1.54) is 11.3 Å². The smallest absolute Gasteiger partial charge is 0.338 e. The number of H-pyrrole nitrogens is 1. The normalized spacial score (nSPS) is 12.1. The number of thiazole rings is 1. The van der Waals surface area contributed by atoms with Crippen LogP contribution < -0.4 is 10.1 Å². The monoisotopic (exact) mass is 410 g/mol. The average Bonchev–Trinajstić information content (AvgIpc) is 3.36. The zero-order valence-electron chi connectivity index (χ0n) is 15.8. The number of aromatic amines is 1. The Balaban J connectivity index is 1.46. The van der Waals surface area contributed by atoms with E-state index in [-0.39, 0.29) is 0 Å². The molecule has 0 bridgehead atoms. The number of imidazole rings is 1. The van der Waals surface area contributed by atoms with Crippen LogP contribution in [0.4, 0.5) is 5.13 Å². The highest BCUT2D eigenvalue weighted by Crippen LogP contribution is 2.29. The molecule has 4 rings (SSSR count). The number of nitrogens with zero attached hydrogens (tertiary/aromatic N) is 2. The van der Waals surface area contributed by atoms with Gasteiger partial charge in [0.2, 0.25) is 0 Å². The maximum Gasteiger partial charge on any atom is 0.338 e. The second-order valence-corrected chi connectivity index (χ2v) is 7.31. The summed E-state index contributed by atoms with van der Waals surface area (Å²) in [6, 6.07) is 10.5. The standard InChI is InChI=1S/C20H18N4O4S/c1-3-16(28-19(26)11-4-6-13-15(8-11)22-10-21-13)18(25)24-20-23-14-7-5-12(27-2)9-17(14)29-20/h4-10,16H,3H2,1-2H3,(H,21,22)(H,23,24,25). The SMILES string of the molecule is CCC(OC(=O)c1ccc2nc[nH]c2c1)C(=O)Nc1nc2ccc(OC)cc2s1. The van der Waals surface area contributed by atoms with Gasteiger partial charge >= 0.3 is 5.97 Å². The number of nitrogens with one attached hydrogen (secondary N) is 2. The quantitative estimate of drug-likeness (QED) is 0.469. The molecule has 4 aromatic rings. The first-order chi connectivity index (χ1) is 14.1. The van der Waals surface area contributed by atoms with Crippen molar-refractivity contribution in [3.05, 3.63) is 48.3 Å². The maximum absolute atomic E-state index is 12.6. The van der Waals surface area contributed by atoms with Gasteiger partial charge in [-0.15, -0.1) is 0 Å². The van der Waals surface area contributed by atoms with Gasteiger partial charge < -0.3 is 14.5 Å². The number of amides is 1. The van der Waals surface area contributed by atoms with E-state index in [2.05, 4.69) is 20.3 Å². The van der Waals surface area contributed by atoms with Crippen molar-refractivity contribution >= 4 is 49.6 Å². The number of aromatic nitrogens is 3. The van der Waals surface area contributed by atoms with Crippen LogP contribution in [0.1, 0.15) is 23.7 Å². The molecular formula is C20H18N4O4S. The van der Waals surface area contributed by atoms with Crippen molar-refractivity contribution < 1.29 is 19.1 Å². The summed E-state index contributed by atoms with van der Waals surface area (Å²) in [5.74, 6) is -0.277. The minimum absolute atomic E-state index is 0.336. The molecule has 2 aromatic heterocycles. The predicted octanol–water partition coefficient (Wildman–Crippen LogP) is 3.76. The van der Waals surface area contributed by atoms with Gasteiger partial charge in [0.25, 0.3) is 5.91 Å². The second kappa shape index (κ2) is 7.88. The van der Waals surface area contributed by atoms with E-state index in [9.17, 15) is 9.59 Å². The lowest BCUT2D eigenvalue weighted by Gasteiger charge is -2.15. The number of benzene rings is 2. The molecule has 9 heteroatoms. The second-order valence-electron chi connectivity index (χ2n) is 6.28. The summed E-state index contributed by atoms with van der Waals surface area (Å²) < 4.78 is 11.5. The summed E-state index contributed by atoms with van der Waals surface area (Å²) >= 11 is 1.33. The number of rotatable bonds is 6. The number of methoxy groups -OCH3 is 1. The van der Waals surface area contributed by atoms with Crippen molar-refractivity contribution in [2.45, 2.75) is 19.4 Å². The van der Waals surface area contributed by atoms with Gasteiger partial charge in [-0.2, -0.15) is 0 Å². The molecule has 29 heavy (non-hydrogen) atoms. The topological polar surface area (TPSA) is 106 Å².